The van der Waals surface area contributed by atoms with Crippen molar-refractivity contribution in [3.63, 3.8) is 0 Å². The van der Waals surface area contributed by atoms with Crippen molar-refractivity contribution in [3.05, 3.63) is 28.8 Å². The van der Waals surface area contributed by atoms with Crippen molar-refractivity contribution in [2.45, 2.75) is 64.7 Å². The Morgan fingerprint density at radius 3 is 2.47 bits per heavy atom. The molecule has 0 radical (unpaired) electrons. The maximum absolute atomic E-state index is 10.4. The topological polar surface area (TPSA) is 20.2 Å². The van der Waals surface area contributed by atoms with Crippen LogP contribution >= 0.6 is 0 Å². The van der Waals surface area contributed by atoms with Crippen molar-refractivity contribution in [2.24, 2.45) is 11.8 Å². The number of hydrogen-bond acceptors (Lipinski definition) is 1. The van der Waals surface area contributed by atoms with Gasteiger partial charge in [0.1, 0.15) is 5.75 Å². The number of phenolic OH excluding ortho intramolecular Hbond substituents is 1. The number of fused-ring (bicyclic) bond motifs is 1. The lowest BCUT2D eigenvalue weighted by Gasteiger charge is -2.42. The minimum Gasteiger partial charge on any atom is -0.508 e. The summed E-state index contributed by atoms with van der Waals surface area (Å²) in [6, 6.07) is 4.19. The summed E-state index contributed by atoms with van der Waals surface area (Å²) in [5.41, 5.74) is 3.74. The van der Waals surface area contributed by atoms with E-state index in [1.807, 2.05) is 6.07 Å². The fourth-order valence-electron chi connectivity index (χ4n) is 4.74. The van der Waals surface area contributed by atoms with E-state index < -0.39 is 0 Å². The van der Waals surface area contributed by atoms with E-state index in [0.717, 1.165) is 11.8 Å². The maximum Gasteiger partial charge on any atom is 0.119 e. The normalized spacial score (nSPS) is 30.9. The Kier molecular flexibility index (Phi) is 3.56. The average Bonchev–Trinajstić information content (AvgIpc) is 2.38. The molecule has 0 aliphatic heterocycles. The van der Waals surface area contributed by atoms with Gasteiger partial charge in [0, 0.05) is 5.56 Å². The summed E-state index contributed by atoms with van der Waals surface area (Å²) in [7, 11) is 0. The van der Waals surface area contributed by atoms with Gasteiger partial charge in [-0.05, 0) is 61.6 Å². The molecule has 1 aromatic rings. The summed E-state index contributed by atoms with van der Waals surface area (Å²) in [6.45, 7) is 4.25. The summed E-state index contributed by atoms with van der Waals surface area (Å²) in [5.74, 6) is 2.91. The molecular formula is C18H26O. The van der Waals surface area contributed by atoms with E-state index in [2.05, 4.69) is 19.9 Å². The van der Waals surface area contributed by atoms with Gasteiger partial charge in [-0.15, -0.1) is 0 Å². The zero-order chi connectivity index (χ0) is 13.4. The van der Waals surface area contributed by atoms with Crippen molar-refractivity contribution in [1.82, 2.24) is 0 Å². The number of rotatable bonds is 1. The molecule has 1 aromatic carbocycles. The van der Waals surface area contributed by atoms with Crippen LogP contribution in [-0.4, -0.2) is 5.11 Å². The van der Waals surface area contributed by atoms with Gasteiger partial charge in [-0.1, -0.05) is 38.2 Å². The van der Waals surface area contributed by atoms with Crippen LogP contribution in [0.3, 0.4) is 0 Å². The second kappa shape index (κ2) is 5.19. The molecule has 1 N–H and O–H groups in total. The van der Waals surface area contributed by atoms with Crippen molar-refractivity contribution >= 4 is 0 Å². The lowest BCUT2D eigenvalue weighted by Crippen LogP contribution is -2.30. The Hall–Kier alpha value is -0.980. The molecule has 0 bridgehead atoms. The predicted octanol–water partition coefficient (Wildman–Crippen LogP) is 5.08. The van der Waals surface area contributed by atoms with E-state index in [-0.39, 0.29) is 0 Å². The van der Waals surface area contributed by atoms with Crippen LogP contribution in [0.1, 0.15) is 67.6 Å². The van der Waals surface area contributed by atoms with Gasteiger partial charge in [-0.25, -0.2) is 0 Å². The quantitative estimate of drug-likeness (QED) is 0.744. The molecular weight excluding hydrogens is 232 g/mol. The van der Waals surface area contributed by atoms with E-state index in [4.69, 9.17) is 0 Å². The molecule has 3 unspecified atom stereocenters. The molecule has 2 aliphatic rings. The van der Waals surface area contributed by atoms with Gasteiger partial charge >= 0.3 is 0 Å². The lowest BCUT2D eigenvalue weighted by atomic mass is 9.63. The van der Waals surface area contributed by atoms with Gasteiger partial charge < -0.3 is 5.11 Å². The highest BCUT2D eigenvalue weighted by molar-refractivity contribution is 5.45. The summed E-state index contributed by atoms with van der Waals surface area (Å²) in [4.78, 5) is 0. The lowest BCUT2D eigenvalue weighted by molar-refractivity contribution is 0.142. The Bertz CT molecular complexity index is 438. The van der Waals surface area contributed by atoms with Gasteiger partial charge in [-0.2, -0.15) is 0 Å². The average molecular weight is 258 g/mol. The molecule has 104 valence electrons. The molecule has 19 heavy (non-hydrogen) atoms. The van der Waals surface area contributed by atoms with Crippen LogP contribution in [0.5, 0.6) is 5.75 Å². The van der Waals surface area contributed by atoms with Crippen molar-refractivity contribution in [2.75, 3.05) is 0 Å². The number of phenols is 1. The number of benzene rings is 1. The molecule has 2 fully saturated rings. The molecule has 3 atom stereocenters. The van der Waals surface area contributed by atoms with Crippen molar-refractivity contribution in [1.29, 1.82) is 0 Å². The first kappa shape index (κ1) is 13.0. The fourth-order valence-corrected chi connectivity index (χ4v) is 4.74. The van der Waals surface area contributed by atoms with Gasteiger partial charge in [0.05, 0.1) is 0 Å². The van der Waals surface area contributed by atoms with Gasteiger partial charge in [0.25, 0.3) is 0 Å². The van der Waals surface area contributed by atoms with E-state index in [1.54, 1.807) is 0 Å². The SMILES string of the molecule is Cc1cc(C)c(C2CCCC3CCCCC32)c(O)c1. The summed E-state index contributed by atoms with van der Waals surface area (Å²) in [6.07, 6.45) is 9.66. The maximum atomic E-state index is 10.4. The summed E-state index contributed by atoms with van der Waals surface area (Å²) >= 11 is 0. The van der Waals surface area contributed by atoms with Crippen LogP contribution in [0.4, 0.5) is 0 Å². The van der Waals surface area contributed by atoms with Gasteiger partial charge in [0.2, 0.25) is 0 Å². The highest BCUT2D eigenvalue weighted by Crippen LogP contribution is 2.50. The number of aryl methyl sites for hydroxylation is 2. The van der Waals surface area contributed by atoms with E-state index in [1.165, 1.54) is 61.6 Å². The molecule has 1 nitrogen and oxygen atoms in total. The highest BCUT2D eigenvalue weighted by atomic mass is 16.3. The minimum absolute atomic E-state index is 0.550. The van der Waals surface area contributed by atoms with Crippen LogP contribution in [0.2, 0.25) is 0 Å². The van der Waals surface area contributed by atoms with E-state index in [0.29, 0.717) is 11.7 Å². The Balaban J connectivity index is 1.96. The standard InChI is InChI=1S/C18H26O/c1-12-10-13(2)18(17(19)11-12)16-9-5-7-14-6-3-4-8-15(14)16/h10-11,14-16,19H,3-9H2,1-2H3. The molecule has 2 saturated carbocycles. The second-order valence-corrected chi connectivity index (χ2v) is 6.76. The van der Waals surface area contributed by atoms with Crippen LogP contribution in [0.25, 0.3) is 0 Å². The first-order valence-corrected chi connectivity index (χ1v) is 7.97. The Labute approximate surface area is 117 Å². The smallest absolute Gasteiger partial charge is 0.119 e. The number of hydrogen-bond donors (Lipinski definition) is 1. The third-order valence-electron chi connectivity index (χ3n) is 5.45. The first-order chi connectivity index (χ1) is 9.16. The predicted molar refractivity (Wildman–Crippen MR) is 79.6 cm³/mol. The second-order valence-electron chi connectivity index (χ2n) is 6.76. The molecule has 1 heteroatoms. The third-order valence-corrected chi connectivity index (χ3v) is 5.45. The monoisotopic (exact) mass is 258 g/mol. The zero-order valence-electron chi connectivity index (χ0n) is 12.3. The van der Waals surface area contributed by atoms with Crippen LogP contribution < -0.4 is 0 Å². The largest absolute Gasteiger partial charge is 0.508 e. The molecule has 0 heterocycles. The fraction of sp³-hybridized carbons (Fsp3) is 0.667. The highest BCUT2D eigenvalue weighted by Gasteiger charge is 2.37. The minimum atomic E-state index is 0.550. The first-order valence-electron chi connectivity index (χ1n) is 7.97. The van der Waals surface area contributed by atoms with Crippen LogP contribution in [0, 0.1) is 25.7 Å². The number of aromatic hydroxyl groups is 1. The molecule has 0 saturated heterocycles. The third kappa shape index (κ3) is 2.40. The summed E-state index contributed by atoms with van der Waals surface area (Å²) in [5, 5.41) is 10.4. The molecule has 3 rings (SSSR count). The molecule has 0 spiro atoms. The Morgan fingerprint density at radius 1 is 0.947 bits per heavy atom. The molecule has 2 aliphatic carbocycles. The van der Waals surface area contributed by atoms with Gasteiger partial charge in [-0.3, -0.25) is 0 Å². The van der Waals surface area contributed by atoms with E-state index in [9.17, 15) is 5.11 Å². The summed E-state index contributed by atoms with van der Waals surface area (Å²) < 4.78 is 0. The molecule has 0 amide bonds. The van der Waals surface area contributed by atoms with Crippen LogP contribution in [-0.2, 0) is 0 Å². The van der Waals surface area contributed by atoms with Crippen molar-refractivity contribution in [3.8, 4) is 5.75 Å². The van der Waals surface area contributed by atoms with E-state index >= 15 is 0 Å². The van der Waals surface area contributed by atoms with Gasteiger partial charge in [0.15, 0.2) is 0 Å². The van der Waals surface area contributed by atoms with Crippen LogP contribution in [0.15, 0.2) is 12.1 Å². The zero-order valence-corrected chi connectivity index (χ0v) is 12.3. The Morgan fingerprint density at radius 2 is 1.68 bits per heavy atom. The molecule has 0 aromatic heterocycles. The van der Waals surface area contributed by atoms with Crippen molar-refractivity contribution < 1.29 is 5.11 Å².